The number of nitrogens with one attached hydrogen (secondary N) is 1. The largest absolute Gasteiger partial charge is 0.480 e. The minimum Gasteiger partial charge on any atom is -0.480 e. The van der Waals surface area contributed by atoms with E-state index in [9.17, 15) is 14.7 Å². The third-order valence-corrected chi connectivity index (χ3v) is 9.29. The molecule has 2 N–H and O–H groups in total. The van der Waals surface area contributed by atoms with Gasteiger partial charge in [0.05, 0.1) is 6.54 Å². The van der Waals surface area contributed by atoms with Gasteiger partial charge in [0.1, 0.15) is 6.04 Å². The average molecular weight is 563 g/mol. The molecule has 1 saturated carbocycles. The van der Waals surface area contributed by atoms with Crippen molar-refractivity contribution in [2.24, 2.45) is 5.92 Å². The van der Waals surface area contributed by atoms with E-state index in [4.69, 9.17) is 0 Å². The van der Waals surface area contributed by atoms with E-state index >= 15 is 0 Å². The van der Waals surface area contributed by atoms with Gasteiger partial charge in [0.25, 0.3) is 0 Å². The predicted molar refractivity (Wildman–Crippen MR) is 167 cm³/mol. The van der Waals surface area contributed by atoms with Crippen molar-refractivity contribution in [3.05, 3.63) is 71.3 Å². The normalized spacial score (nSPS) is 18.7. The fraction of sp³-hybridized carbons (Fsp3) is 0.529. The Bertz CT molecular complexity index is 1200. The van der Waals surface area contributed by atoms with Gasteiger partial charge in [-0.15, -0.1) is 0 Å². The molecule has 5 nitrogen and oxygen atoms in total. The van der Waals surface area contributed by atoms with Crippen molar-refractivity contribution in [1.29, 1.82) is 0 Å². The van der Waals surface area contributed by atoms with Gasteiger partial charge in [-0.05, 0) is 112 Å². The highest BCUT2D eigenvalue weighted by Gasteiger charge is 2.49. The number of carboxylic acids is 1. The van der Waals surface area contributed by atoms with Crippen LogP contribution >= 0.6 is 11.8 Å². The van der Waals surface area contributed by atoms with Crippen LogP contribution in [0.25, 0.3) is 11.1 Å². The van der Waals surface area contributed by atoms with Crippen LogP contribution in [0.5, 0.6) is 0 Å². The molecule has 4 rings (SSSR count). The standard InChI is InChI=1S/C34H46N2O3S/c1-24(2)36(34(17-18-34)21-26-11-6-5-7-12-26)23-27-14-15-29(30(20-27)28-13-9-8-10-25(28)3)32(37)22-35-31(33(38)39)16-19-40-4/h6,8-11,13-15,20,24,26,31,35H,5,7,12,16-19,21-23H2,1-4H3,(H,38,39)/t26?,31-/m0/s1. The van der Waals surface area contributed by atoms with Crippen LogP contribution in [0.3, 0.4) is 0 Å². The van der Waals surface area contributed by atoms with Crippen LogP contribution in [0.1, 0.15) is 80.3 Å². The number of nitrogens with zero attached hydrogens (tertiary/aromatic N) is 1. The molecular weight excluding hydrogens is 516 g/mol. The fourth-order valence-electron chi connectivity index (χ4n) is 6.28. The van der Waals surface area contributed by atoms with E-state index in [1.165, 1.54) is 44.1 Å². The number of hydrogen-bond donors (Lipinski definition) is 2. The molecule has 0 amide bonds. The maximum absolute atomic E-state index is 13.5. The summed E-state index contributed by atoms with van der Waals surface area (Å²) in [6.45, 7) is 7.54. The summed E-state index contributed by atoms with van der Waals surface area (Å²) in [5.74, 6) is 0.413. The number of aryl methyl sites for hydroxylation is 1. The minimum atomic E-state index is -0.914. The molecule has 0 bridgehead atoms. The van der Waals surface area contributed by atoms with E-state index < -0.39 is 12.0 Å². The maximum atomic E-state index is 13.5. The predicted octanol–water partition coefficient (Wildman–Crippen LogP) is 7.13. The number of aliphatic carboxylic acids is 1. The van der Waals surface area contributed by atoms with Crippen LogP contribution in [0.2, 0.25) is 0 Å². The number of allylic oxidation sites excluding steroid dienone is 2. The topological polar surface area (TPSA) is 69.6 Å². The zero-order chi connectivity index (χ0) is 28.7. The SMILES string of the molecule is CSCC[C@H](NCC(=O)c1ccc(CN(C(C)C)C2(CC3C=CCCC3)CC2)cc1-c1ccccc1C)C(=O)O. The molecule has 0 aromatic heterocycles. The lowest BCUT2D eigenvalue weighted by atomic mass is 9.87. The van der Waals surface area contributed by atoms with E-state index in [2.05, 4.69) is 67.4 Å². The van der Waals surface area contributed by atoms with Crippen molar-refractivity contribution in [3.63, 3.8) is 0 Å². The van der Waals surface area contributed by atoms with Gasteiger partial charge in [-0.2, -0.15) is 11.8 Å². The molecule has 2 aliphatic carbocycles. The Balaban J connectivity index is 1.59. The first-order valence-electron chi connectivity index (χ1n) is 14.8. The van der Waals surface area contributed by atoms with E-state index in [1.54, 1.807) is 11.8 Å². The van der Waals surface area contributed by atoms with Gasteiger partial charge in [-0.1, -0.05) is 48.6 Å². The van der Waals surface area contributed by atoms with E-state index in [1.807, 2.05) is 24.5 Å². The summed E-state index contributed by atoms with van der Waals surface area (Å²) >= 11 is 1.61. The van der Waals surface area contributed by atoms with Crippen molar-refractivity contribution < 1.29 is 14.7 Å². The highest BCUT2D eigenvalue weighted by atomic mass is 32.2. The lowest BCUT2D eigenvalue weighted by molar-refractivity contribution is -0.139. The highest BCUT2D eigenvalue weighted by Crippen LogP contribution is 2.49. The molecule has 0 radical (unpaired) electrons. The van der Waals surface area contributed by atoms with Gasteiger partial charge in [0.15, 0.2) is 5.78 Å². The first-order chi connectivity index (χ1) is 19.2. The molecule has 0 saturated heterocycles. The second kappa shape index (κ2) is 14.0. The molecule has 6 heteroatoms. The third kappa shape index (κ3) is 7.65. The highest BCUT2D eigenvalue weighted by molar-refractivity contribution is 7.98. The molecule has 2 aromatic carbocycles. The summed E-state index contributed by atoms with van der Waals surface area (Å²) in [5, 5.41) is 12.6. The summed E-state index contributed by atoms with van der Waals surface area (Å²) < 4.78 is 0. The lowest BCUT2D eigenvalue weighted by Gasteiger charge is -2.38. The van der Waals surface area contributed by atoms with Crippen molar-refractivity contribution in [2.45, 2.75) is 89.9 Å². The second-order valence-corrected chi connectivity index (χ2v) is 12.9. The molecule has 0 heterocycles. The first-order valence-corrected chi connectivity index (χ1v) is 16.2. The summed E-state index contributed by atoms with van der Waals surface area (Å²) in [6.07, 6.45) is 14.8. The Morgan fingerprint density at radius 3 is 2.55 bits per heavy atom. The van der Waals surface area contributed by atoms with E-state index in [0.717, 1.165) is 29.0 Å². The van der Waals surface area contributed by atoms with Gasteiger partial charge in [-0.3, -0.25) is 19.8 Å². The second-order valence-electron chi connectivity index (χ2n) is 11.9. The van der Waals surface area contributed by atoms with Crippen molar-refractivity contribution in [3.8, 4) is 11.1 Å². The molecule has 2 aliphatic rings. The summed E-state index contributed by atoms with van der Waals surface area (Å²) in [7, 11) is 0. The molecular formula is C34H46N2O3S. The van der Waals surface area contributed by atoms with Crippen LogP contribution in [-0.4, -0.2) is 57.9 Å². The Morgan fingerprint density at radius 1 is 1.15 bits per heavy atom. The molecule has 40 heavy (non-hydrogen) atoms. The molecule has 0 spiro atoms. The van der Waals surface area contributed by atoms with Gasteiger partial charge in [-0.25, -0.2) is 0 Å². The Morgan fingerprint density at radius 2 is 1.93 bits per heavy atom. The van der Waals surface area contributed by atoms with Crippen molar-refractivity contribution in [1.82, 2.24) is 10.2 Å². The number of ketones is 1. The number of benzene rings is 2. The van der Waals surface area contributed by atoms with E-state index in [-0.39, 0.29) is 17.9 Å². The van der Waals surface area contributed by atoms with E-state index in [0.29, 0.717) is 23.9 Å². The number of carboxylic acid groups (broad SMARTS) is 1. The first kappa shape index (κ1) is 30.5. The zero-order valence-electron chi connectivity index (χ0n) is 24.6. The molecule has 1 unspecified atom stereocenters. The summed E-state index contributed by atoms with van der Waals surface area (Å²) in [4.78, 5) is 27.9. The van der Waals surface area contributed by atoms with Gasteiger partial charge < -0.3 is 5.11 Å². The molecule has 1 fully saturated rings. The number of carbonyl (C=O) groups excluding carboxylic acids is 1. The Kier molecular flexibility index (Phi) is 10.7. The van der Waals surface area contributed by atoms with Gasteiger partial charge in [0.2, 0.25) is 0 Å². The monoisotopic (exact) mass is 562 g/mol. The summed E-state index contributed by atoms with van der Waals surface area (Å²) in [6, 6.07) is 14.1. The lowest BCUT2D eigenvalue weighted by Crippen LogP contribution is -2.43. The number of hydrogen-bond acceptors (Lipinski definition) is 5. The van der Waals surface area contributed by atoms with Crippen LogP contribution in [-0.2, 0) is 11.3 Å². The van der Waals surface area contributed by atoms with Crippen LogP contribution < -0.4 is 5.32 Å². The van der Waals surface area contributed by atoms with Crippen LogP contribution in [0, 0.1) is 12.8 Å². The maximum Gasteiger partial charge on any atom is 0.320 e. The quantitative estimate of drug-likeness (QED) is 0.178. The number of carbonyl (C=O) groups is 2. The number of rotatable bonds is 15. The van der Waals surface area contributed by atoms with Gasteiger partial charge in [0, 0.05) is 23.7 Å². The average Bonchev–Trinajstić information content (AvgIpc) is 3.71. The zero-order valence-corrected chi connectivity index (χ0v) is 25.4. The molecule has 2 atom stereocenters. The van der Waals surface area contributed by atoms with Crippen molar-refractivity contribution >= 4 is 23.5 Å². The Hall–Kier alpha value is -2.41. The smallest absolute Gasteiger partial charge is 0.320 e. The van der Waals surface area contributed by atoms with Crippen LogP contribution in [0.15, 0.2) is 54.6 Å². The van der Waals surface area contributed by atoms with Crippen LogP contribution in [0.4, 0.5) is 0 Å². The number of thioether (sulfide) groups is 1. The Labute approximate surface area is 244 Å². The molecule has 2 aromatic rings. The van der Waals surface area contributed by atoms with Gasteiger partial charge >= 0.3 is 5.97 Å². The fourth-order valence-corrected chi connectivity index (χ4v) is 6.75. The molecule has 216 valence electrons. The molecule has 0 aliphatic heterocycles. The third-order valence-electron chi connectivity index (χ3n) is 8.65. The summed E-state index contributed by atoms with van der Waals surface area (Å²) in [5.41, 5.74) is 5.23. The minimum absolute atomic E-state index is 0.000286. The number of Topliss-reactive ketones (excluding diaryl/α,β-unsaturated/α-hetero) is 1. The van der Waals surface area contributed by atoms with Crippen molar-refractivity contribution in [2.75, 3.05) is 18.6 Å².